The van der Waals surface area contributed by atoms with Gasteiger partial charge >= 0.3 is 5.97 Å². The van der Waals surface area contributed by atoms with E-state index in [4.69, 9.17) is 26.8 Å². The van der Waals surface area contributed by atoms with Crippen molar-refractivity contribution in [2.45, 2.75) is 12.8 Å². The summed E-state index contributed by atoms with van der Waals surface area (Å²) in [6.45, 7) is 1.73. The molecule has 0 fully saturated rings. The first-order chi connectivity index (χ1) is 11.4. The van der Waals surface area contributed by atoms with Gasteiger partial charge in [-0.1, -0.05) is 23.7 Å². The summed E-state index contributed by atoms with van der Waals surface area (Å²) in [6, 6.07) is 8.54. The predicted octanol–water partition coefficient (Wildman–Crippen LogP) is 2.20. The standard InChI is InChI=1S/C17H15ClN2O4/c1-8-6-11-13(16(21)20-8)12(9-4-3-5-10(18)7-9)14(15(19)24-11)17(22)23-2/h3-7,12H,19H2,1-2H3,(H,20,21). The predicted molar refractivity (Wildman–Crippen MR) is 89.0 cm³/mol. The van der Waals surface area contributed by atoms with Crippen LogP contribution < -0.4 is 16.0 Å². The highest BCUT2D eigenvalue weighted by molar-refractivity contribution is 6.30. The Bertz CT molecular complexity index is 917. The second kappa shape index (κ2) is 6.05. The van der Waals surface area contributed by atoms with Gasteiger partial charge in [-0.15, -0.1) is 0 Å². The number of H-pyrrole nitrogens is 1. The molecule has 1 aliphatic rings. The molecule has 1 aromatic carbocycles. The Kier molecular flexibility index (Phi) is 4.07. The highest BCUT2D eigenvalue weighted by Gasteiger charge is 2.37. The number of pyridine rings is 1. The molecule has 0 spiro atoms. The zero-order valence-electron chi connectivity index (χ0n) is 13.1. The van der Waals surface area contributed by atoms with Crippen LogP contribution in [-0.2, 0) is 9.53 Å². The summed E-state index contributed by atoms with van der Waals surface area (Å²) in [5, 5.41) is 0.479. The third-order valence-corrected chi connectivity index (χ3v) is 4.05. The number of nitrogens with two attached hydrogens (primary N) is 1. The maximum atomic E-state index is 12.5. The first kappa shape index (κ1) is 16.1. The smallest absolute Gasteiger partial charge is 0.340 e. The number of carbonyl (C=O) groups is 1. The van der Waals surface area contributed by atoms with Gasteiger partial charge in [0.25, 0.3) is 5.56 Å². The molecule has 0 amide bonds. The molecule has 0 radical (unpaired) electrons. The van der Waals surface area contributed by atoms with E-state index in [1.165, 1.54) is 7.11 Å². The number of benzene rings is 1. The van der Waals surface area contributed by atoms with E-state index in [9.17, 15) is 9.59 Å². The summed E-state index contributed by atoms with van der Waals surface area (Å²) in [5.41, 5.74) is 7.22. The van der Waals surface area contributed by atoms with Crippen molar-refractivity contribution in [3.63, 3.8) is 0 Å². The topological polar surface area (TPSA) is 94.4 Å². The Morgan fingerprint density at radius 2 is 2.12 bits per heavy atom. The first-order valence-electron chi connectivity index (χ1n) is 7.17. The van der Waals surface area contributed by atoms with Gasteiger partial charge in [-0.05, 0) is 24.6 Å². The average molecular weight is 347 g/mol. The third-order valence-electron chi connectivity index (χ3n) is 3.82. The van der Waals surface area contributed by atoms with Crippen molar-refractivity contribution in [2.75, 3.05) is 7.11 Å². The maximum absolute atomic E-state index is 12.5. The maximum Gasteiger partial charge on any atom is 0.340 e. The van der Waals surface area contributed by atoms with Crippen LogP contribution in [0.4, 0.5) is 0 Å². The Balaban J connectivity index is 2.32. The molecule has 1 aromatic heterocycles. The van der Waals surface area contributed by atoms with Crippen molar-refractivity contribution in [1.82, 2.24) is 4.98 Å². The molecular weight excluding hydrogens is 332 g/mol. The van der Waals surface area contributed by atoms with Crippen LogP contribution in [0.25, 0.3) is 0 Å². The minimum Gasteiger partial charge on any atom is -0.465 e. The lowest BCUT2D eigenvalue weighted by molar-refractivity contribution is -0.136. The summed E-state index contributed by atoms with van der Waals surface area (Å²) in [4.78, 5) is 27.5. The molecule has 2 heterocycles. The number of ether oxygens (including phenoxy) is 2. The molecule has 124 valence electrons. The largest absolute Gasteiger partial charge is 0.465 e. The number of fused-ring (bicyclic) bond motifs is 1. The Morgan fingerprint density at radius 1 is 1.38 bits per heavy atom. The number of methoxy groups -OCH3 is 1. The van der Waals surface area contributed by atoms with E-state index in [0.717, 1.165) is 0 Å². The zero-order valence-corrected chi connectivity index (χ0v) is 13.8. The van der Waals surface area contributed by atoms with E-state index < -0.39 is 11.9 Å². The highest BCUT2D eigenvalue weighted by Crippen LogP contribution is 2.41. The number of nitrogens with one attached hydrogen (secondary N) is 1. The molecule has 24 heavy (non-hydrogen) atoms. The van der Waals surface area contributed by atoms with Crippen molar-refractivity contribution < 1.29 is 14.3 Å². The Hall–Kier alpha value is -2.73. The Labute approximate surface area is 142 Å². The first-order valence-corrected chi connectivity index (χ1v) is 7.55. The fourth-order valence-electron chi connectivity index (χ4n) is 2.83. The molecule has 3 rings (SSSR count). The lowest BCUT2D eigenvalue weighted by atomic mass is 9.83. The van der Waals surface area contributed by atoms with Crippen LogP contribution >= 0.6 is 11.6 Å². The van der Waals surface area contributed by atoms with Crippen LogP contribution in [0.3, 0.4) is 0 Å². The van der Waals surface area contributed by atoms with Crippen LogP contribution in [0.5, 0.6) is 5.75 Å². The van der Waals surface area contributed by atoms with E-state index in [0.29, 0.717) is 22.0 Å². The number of carbonyl (C=O) groups excluding carboxylic acids is 1. The van der Waals surface area contributed by atoms with Gasteiger partial charge in [0.15, 0.2) is 0 Å². The number of hydrogen-bond donors (Lipinski definition) is 2. The highest BCUT2D eigenvalue weighted by atomic mass is 35.5. The fraction of sp³-hybridized carbons (Fsp3) is 0.176. The van der Waals surface area contributed by atoms with Crippen LogP contribution in [0.2, 0.25) is 5.02 Å². The van der Waals surface area contributed by atoms with Gasteiger partial charge < -0.3 is 20.2 Å². The number of esters is 1. The number of rotatable bonds is 2. The van der Waals surface area contributed by atoms with Crippen molar-refractivity contribution >= 4 is 17.6 Å². The van der Waals surface area contributed by atoms with Crippen molar-refractivity contribution in [2.24, 2.45) is 5.73 Å². The van der Waals surface area contributed by atoms with Gasteiger partial charge in [0.2, 0.25) is 5.88 Å². The molecule has 7 heteroatoms. The summed E-state index contributed by atoms with van der Waals surface area (Å²) in [6.07, 6.45) is 0. The van der Waals surface area contributed by atoms with Crippen molar-refractivity contribution in [3.05, 3.63) is 74.0 Å². The molecule has 0 bridgehead atoms. The number of hydrogen-bond acceptors (Lipinski definition) is 5. The summed E-state index contributed by atoms with van der Waals surface area (Å²) >= 11 is 6.07. The van der Waals surface area contributed by atoms with Gasteiger partial charge in [0.05, 0.1) is 18.6 Å². The molecular formula is C17H15ClN2O4. The molecule has 1 unspecified atom stereocenters. The quantitative estimate of drug-likeness (QED) is 0.813. The van der Waals surface area contributed by atoms with Gasteiger partial charge in [-0.2, -0.15) is 0 Å². The van der Waals surface area contributed by atoms with Crippen LogP contribution in [0.1, 0.15) is 22.7 Å². The molecule has 2 aromatic rings. The zero-order chi connectivity index (χ0) is 17.4. The number of halogens is 1. The number of aromatic amines is 1. The average Bonchev–Trinajstić information content (AvgIpc) is 2.52. The monoisotopic (exact) mass is 346 g/mol. The fourth-order valence-corrected chi connectivity index (χ4v) is 3.03. The molecule has 1 aliphatic heterocycles. The molecule has 0 aliphatic carbocycles. The molecule has 0 saturated heterocycles. The summed E-state index contributed by atoms with van der Waals surface area (Å²) < 4.78 is 10.3. The second-order valence-corrected chi connectivity index (χ2v) is 5.86. The number of aryl methyl sites for hydroxylation is 1. The lowest BCUT2D eigenvalue weighted by Gasteiger charge is -2.27. The van der Waals surface area contributed by atoms with Gasteiger partial charge in [-0.3, -0.25) is 4.79 Å². The minimum absolute atomic E-state index is 0.0709. The summed E-state index contributed by atoms with van der Waals surface area (Å²) in [5.74, 6) is -1.18. The lowest BCUT2D eigenvalue weighted by Crippen LogP contribution is -2.31. The molecule has 3 N–H and O–H groups in total. The minimum atomic E-state index is -0.732. The molecule has 6 nitrogen and oxygen atoms in total. The van der Waals surface area contributed by atoms with Crippen molar-refractivity contribution in [1.29, 1.82) is 0 Å². The normalized spacial score (nSPS) is 16.4. The molecule has 0 saturated carbocycles. The van der Waals surface area contributed by atoms with Gasteiger partial charge in [0, 0.05) is 16.8 Å². The van der Waals surface area contributed by atoms with Gasteiger partial charge in [-0.25, -0.2) is 4.79 Å². The summed E-state index contributed by atoms with van der Waals surface area (Å²) in [7, 11) is 1.24. The Morgan fingerprint density at radius 3 is 2.79 bits per heavy atom. The van der Waals surface area contributed by atoms with Crippen LogP contribution in [0.15, 0.2) is 46.6 Å². The van der Waals surface area contributed by atoms with E-state index in [1.54, 1.807) is 37.3 Å². The SMILES string of the molecule is COC(=O)C1=C(N)Oc2cc(C)[nH]c(=O)c2C1c1cccc(Cl)c1. The van der Waals surface area contributed by atoms with Gasteiger partial charge in [0.1, 0.15) is 11.3 Å². The second-order valence-electron chi connectivity index (χ2n) is 5.42. The van der Waals surface area contributed by atoms with E-state index in [-0.39, 0.29) is 22.6 Å². The van der Waals surface area contributed by atoms with E-state index in [2.05, 4.69) is 4.98 Å². The van der Waals surface area contributed by atoms with Crippen LogP contribution in [0, 0.1) is 6.92 Å². The van der Waals surface area contributed by atoms with Crippen molar-refractivity contribution in [3.8, 4) is 5.75 Å². The number of aromatic nitrogens is 1. The van der Waals surface area contributed by atoms with E-state index >= 15 is 0 Å². The third kappa shape index (κ3) is 2.65. The van der Waals surface area contributed by atoms with Crippen LogP contribution in [-0.4, -0.2) is 18.1 Å². The molecule has 1 atom stereocenters. The van der Waals surface area contributed by atoms with E-state index in [1.807, 2.05) is 0 Å².